The van der Waals surface area contributed by atoms with Crippen molar-refractivity contribution in [2.75, 3.05) is 24.6 Å². The molecule has 0 aliphatic carbocycles. The molecule has 2 N–H and O–H groups in total. The first-order chi connectivity index (χ1) is 9.51. The van der Waals surface area contributed by atoms with Crippen molar-refractivity contribution < 1.29 is 9.53 Å². The van der Waals surface area contributed by atoms with Gasteiger partial charge in [-0.25, -0.2) is 4.79 Å². The summed E-state index contributed by atoms with van der Waals surface area (Å²) in [5.41, 5.74) is 6.22. The van der Waals surface area contributed by atoms with E-state index in [1.165, 1.54) is 0 Å². The van der Waals surface area contributed by atoms with E-state index in [2.05, 4.69) is 11.8 Å². The van der Waals surface area contributed by atoms with Crippen molar-refractivity contribution in [1.29, 1.82) is 0 Å². The summed E-state index contributed by atoms with van der Waals surface area (Å²) < 4.78 is 5.06. The highest BCUT2D eigenvalue weighted by molar-refractivity contribution is 5.81. The molecular formula is C16H26N2O2. The lowest BCUT2D eigenvalue weighted by atomic mass is 10.0. The molecule has 1 rings (SSSR count). The maximum Gasteiger partial charge on any atom is 0.327 e. The standard InChI is InChI=1S/C16H26N2O2/c1-4-6-12-18(14-10-8-7-9-11-14)13-16(3,17)15(19)20-5-2/h7-11H,4-6,12-13,17H2,1-3H3. The number of benzene rings is 1. The molecule has 1 aromatic rings. The molecule has 112 valence electrons. The zero-order chi connectivity index (χ0) is 15.0. The Balaban J connectivity index is 2.81. The molecule has 1 atom stereocenters. The highest BCUT2D eigenvalue weighted by Gasteiger charge is 2.32. The molecule has 0 spiro atoms. The Morgan fingerprint density at radius 3 is 2.50 bits per heavy atom. The molecule has 0 amide bonds. The molecule has 1 unspecified atom stereocenters. The lowest BCUT2D eigenvalue weighted by Gasteiger charge is -2.32. The summed E-state index contributed by atoms with van der Waals surface area (Å²) >= 11 is 0. The Kier molecular flexibility index (Phi) is 6.52. The SMILES string of the molecule is CCCCN(CC(C)(N)C(=O)OCC)c1ccccc1. The molecule has 0 bridgehead atoms. The van der Waals surface area contributed by atoms with Gasteiger partial charge in [0.2, 0.25) is 0 Å². The van der Waals surface area contributed by atoms with Gasteiger partial charge in [-0.3, -0.25) is 0 Å². The molecule has 4 heteroatoms. The van der Waals surface area contributed by atoms with Crippen LogP contribution in [-0.2, 0) is 9.53 Å². The van der Waals surface area contributed by atoms with E-state index in [1.54, 1.807) is 13.8 Å². The van der Waals surface area contributed by atoms with E-state index in [0.717, 1.165) is 25.1 Å². The largest absolute Gasteiger partial charge is 0.465 e. The molecule has 0 aliphatic rings. The van der Waals surface area contributed by atoms with Gasteiger partial charge in [-0.15, -0.1) is 0 Å². The molecule has 0 aromatic heterocycles. The minimum Gasteiger partial charge on any atom is -0.465 e. The Morgan fingerprint density at radius 2 is 1.95 bits per heavy atom. The average molecular weight is 278 g/mol. The zero-order valence-corrected chi connectivity index (χ0v) is 12.8. The second-order valence-corrected chi connectivity index (χ2v) is 5.25. The average Bonchev–Trinajstić information content (AvgIpc) is 2.44. The van der Waals surface area contributed by atoms with Gasteiger partial charge in [0.1, 0.15) is 5.54 Å². The maximum absolute atomic E-state index is 11.9. The van der Waals surface area contributed by atoms with Crippen LogP contribution in [0.15, 0.2) is 30.3 Å². The summed E-state index contributed by atoms with van der Waals surface area (Å²) in [4.78, 5) is 14.1. The molecule has 0 fully saturated rings. The van der Waals surface area contributed by atoms with Crippen molar-refractivity contribution >= 4 is 11.7 Å². The fourth-order valence-corrected chi connectivity index (χ4v) is 2.04. The second-order valence-electron chi connectivity index (χ2n) is 5.25. The molecule has 0 radical (unpaired) electrons. The fraction of sp³-hybridized carbons (Fsp3) is 0.562. The minimum atomic E-state index is -1.00. The first-order valence-electron chi connectivity index (χ1n) is 7.27. The van der Waals surface area contributed by atoms with E-state index in [4.69, 9.17) is 10.5 Å². The number of hydrogen-bond donors (Lipinski definition) is 1. The van der Waals surface area contributed by atoms with Crippen molar-refractivity contribution in [3.8, 4) is 0 Å². The highest BCUT2D eigenvalue weighted by atomic mass is 16.5. The molecular weight excluding hydrogens is 252 g/mol. The van der Waals surface area contributed by atoms with Crippen LogP contribution < -0.4 is 10.6 Å². The third-order valence-electron chi connectivity index (χ3n) is 3.16. The molecule has 4 nitrogen and oxygen atoms in total. The maximum atomic E-state index is 11.9. The number of esters is 1. The van der Waals surface area contributed by atoms with Crippen LogP contribution in [0.5, 0.6) is 0 Å². The first-order valence-corrected chi connectivity index (χ1v) is 7.27. The lowest BCUT2D eigenvalue weighted by molar-refractivity contribution is -0.148. The van der Waals surface area contributed by atoms with Crippen molar-refractivity contribution in [2.24, 2.45) is 5.73 Å². The lowest BCUT2D eigenvalue weighted by Crippen LogP contribution is -2.55. The quantitative estimate of drug-likeness (QED) is 0.743. The van der Waals surface area contributed by atoms with E-state index in [-0.39, 0.29) is 5.97 Å². The van der Waals surface area contributed by atoms with Gasteiger partial charge in [0, 0.05) is 18.8 Å². The molecule has 0 saturated carbocycles. The zero-order valence-electron chi connectivity index (χ0n) is 12.8. The molecule has 0 heterocycles. The molecule has 1 aromatic carbocycles. The highest BCUT2D eigenvalue weighted by Crippen LogP contribution is 2.17. The number of anilines is 1. The molecule has 0 saturated heterocycles. The van der Waals surface area contributed by atoms with Crippen molar-refractivity contribution in [3.05, 3.63) is 30.3 Å². The van der Waals surface area contributed by atoms with Crippen LogP contribution in [0.1, 0.15) is 33.6 Å². The monoisotopic (exact) mass is 278 g/mol. The van der Waals surface area contributed by atoms with Crippen LogP contribution >= 0.6 is 0 Å². The van der Waals surface area contributed by atoms with Gasteiger partial charge in [0.15, 0.2) is 0 Å². The number of carbonyl (C=O) groups excluding carboxylic acids is 1. The number of rotatable bonds is 8. The molecule has 20 heavy (non-hydrogen) atoms. The molecule has 0 aliphatic heterocycles. The van der Waals surface area contributed by atoms with Crippen LogP contribution in [0.4, 0.5) is 5.69 Å². The Morgan fingerprint density at radius 1 is 1.30 bits per heavy atom. The van der Waals surface area contributed by atoms with Crippen LogP contribution in [0.2, 0.25) is 0 Å². The summed E-state index contributed by atoms with van der Waals surface area (Å²) in [7, 11) is 0. The van der Waals surface area contributed by atoms with E-state index in [0.29, 0.717) is 13.2 Å². The number of nitrogens with two attached hydrogens (primary N) is 1. The van der Waals surface area contributed by atoms with E-state index in [1.807, 2.05) is 30.3 Å². The van der Waals surface area contributed by atoms with Crippen molar-refractivity contribution in [1.82, 2.24) is 0 Å². The number of para-hydroxylation sites is 1. The second kappa shape index (κ2) is 7.90. The van der Waals surface area contributed by atoms with Gasteiger partial charge in [-0.1, -0.05) is 31.5 Å². The summed E-state index contributed by atoms with van der Waals surface area (Å²) in [5, 5.41) is 0. The number of nitrogens with zero attached hydrogens (tertiary/aromatic N) is 1. The van der Waals surface area contributed by atoms with Gasteiger partial charge < -0.3 is 15.4 Å². The van der Waals surface area contributed by atoms with Crippen LogP contribution in [0, 0.1) is 0 Å². The van der Waals surface area contributed by atoms with E-state index in [9.17, 15) is 4.79 Å². The van der Waals surface area contributed by atoms with Gasteiger partial charge >= 0.3 is 5.97 Å². The van der Waals surface area contributed by atoms with Gasteiger partial charge in [-0.2, -0.15) is 0 Å². The van der Waals surface area contributed by atoms with Crippen molar-refractivity contribution in [2.45, 2.75) is 39.2 Å². The summed E-state index contributed by atoms with van der Waals surface area (Å²) in [6, 6.07) is 10.0. The predicted octanol–water partition coefficient (Wildman–Crippen LogP) is 2.57. The Labute approximate surface area is 121 Å². The summed E-state index contributed by atoms with van der Waals surface area (Å²) in [5.74, 6) is -0.350. The predicted molar refractivity (Wildman–Crippen MR) is 82.8 cm³/mol. The topological polar surface area (TPSA) is 55.6 Å². The Hall–Kier alpha value is -1.55. The van der Waals surface area contributed by atoms with Crippen LogP contribution in [-0.4, -0.2) is 31.2 Å². The van der Waals surface area contributed by atoms with Crippen LogP contribution in [0.25, 0.3) is 0 Å². The Bertz CT molecular complexity index is 404. The number of ether oxygens (including phenoxy) is 1. The number of unbranched alkanes of at least 4 members (excludes halogenated alkanes) is 1. The fourth-order valence-electron chi connectivity index (χ4n) is 2.04. The van der Waals surface area contributed by atoms with Crippen molar-refractivity contribution in [3.63, 3.8) is 0 Å². The van der Waals surface area contributed by atoms with Gasteiger partial charge in [0.05, 0.1) is 6.61 Å². The third kappa shape index (κ3) is 4.85. The summed E-state index contributed by atoms with van der Waals surface area (Å²) in [6.45, 7) is 7.36. The van der Waals surface area contributed by atoms with Crippen LogP contribution in [0.3, 0.4) is 0 Å². The third-order valence-corrected chi connectivity index (χ3v) is 3.16. The summed E-state index contributed by atoms with van der Waals surface area (Å²) in [6.07, 6.45) is 2.16. The van der Waals surface area contributed by atoms with Gasteiger partial charge in [0.25, 0.3) is 0 Å². The smallest absolute Gasteiger partial charge is 0.327 e. The number of carbonyl (C=O) groups is 1. The minimum absolute atomic E-state index is 0.350. The number of hydrogen-bond acceptors (Lipinski definition) is 4. The van der Waals surface area contributed by atoms with E-state index >= 15 is 0 Å². The normalized spacial score (nSPS) is 13.6. The van der Waals surface area contributed by atoms with Gasteiger partial charge in [-0.05, 0) is 32.4 Å². The first kappa shape index (κ1) is 16.5. The van der Waals surface area contributed by atoms with E-state index < -0.39 is 5.54 Å².